The number of nitrogen functional groups attached to an aromatic ring is 1. The zero-order chi connectivity index (χ0) is 14.8. The first-order chi connectivity index (χ1) is 10.2. The van der Waals surface area contributed by atoms with Crippen molar-refractivity contribution in [2.75, 3.05) is 18.2 Å². The number of hydrogen-bond donors (Lipinski definition) is 2. The number of rotatable bonds is 3. The number of nitrogens with two attached hydrogens (primary N) is 1. The van der Waals surface area contributed by atoms with Crippen LogP contribution in [0.15, 0.2) is 47.2 Å². The number of halogens is 1. The lowest BCUT2D eigenvalue weighted by Crippen LogP contribution is -1.97. The van der Waals surface area contributed by atoms with Crippen LogP contribution in [0.1, 0.15) is 0 Å². The Bertz CT molecular complexity index is 807. The third-order valence-electron chi connectivity index (χ3n) is 3.03. The molecular weight excluding hydrogens is 332 g/mol. The van der Waals surface area contributed by atoms with Crippen LogP contribution in [0.4, 0.5) is 17.2 Å². The molecule has 6 heteroatoms. The first-order valence-corrected chi connectivity index (χ1v) is 7.07. The molecular formula is C15H13BrN4O. The van der Waals surface area contributed by atoms with Gasteiger partial charge in [-0.15, -0.1) is 0 Å². The van der Waals surface area contributed by atoms with Crippen LogP contribution in [0, 0.1) is 0 Å². The molecule has 1 heterocycles. The Morgan fingerprint density at radius 3 is 2.81 bits per heavy atom. The monoisotopic (exact) mass is 344 g/mol. The van der Waals surface area contributed by atoms with E-state index in [1.807, 2.05) is 36.4 Å². The molecule has 21 heavy (non-hydrogen) atoms. The average Bonchev–Trinajstić information content (AvgIpc) is 2.46. The fraction of sp³-hybridized carbons (Fsp3) is 0.0667. The molecule has 0 aliphatic rings. The van der Waals surface area contributed by atoms with Gasteiger partial charge in [-0.2, -0.15) is 0 Å². The smallest absolute Gasteiger partial charge is 0.141 e. The van der Waals surface area contributed by atoms with E-state index in [-0.39, 0.29) is 0 Å². The van der Waals surface area contributed by atoms with Gasteiger partial charge >= 0.3 is 0 Å². The minimum Gasteiger partial charge on any atom is -0.497 e. The molecule has 0 saturated carbocycles. The lowest BCUT2D eigenvalue weighted by molar-refractivity contribution is 0.415. The normalized spacial score (nSPS) is 10.6. The van der Waals surface area contributed by atoms with Crippen molar-refractivity contribution >= 4 is 44.0 Å². The third-order valence-corrected chi connectivity index (χ3v) is 3.49. The lowest BCUT2D eigenvalue weighted by Gasteiger charge is -2.10. The molecule has 0 saturated heterocycles. The molecule has 0 aliphatic heterocycles. The molecule has 0 amide bonds. The van der Waals surface area contributed by atoms with Crippen molar-refractivity contribution in [3.63, 3.8) is 0 Å². The summed E-state index contributed by atoms with van der Waals surface area (Å²) in [5, 5.41) is 4.19. The fourth-order valence-corrected chi connectivity index (χ4v) is 2.54. The molecule has 2 aromatic carbocycles. The Kier molecular flexibility index (Phi) is 3.62. The Morgan fingerprint density at radius 2 is 2.00 bits per heavy atom. The minimum atomic E-state index is 0.677. The molecule has 0 radical (unpaired) electrons. The van der Waals surface area contributed by atoms with E-state index in [0.29, 0.717) is 5.69 Å². The first-order valence-electron chi connectivity index (χ1n) is 6.27. The molecule has 0 atom stereocenters. The summed E-state index contributed by atoms with van der Waals surface area (Å²) in [5.41, 5.74) is 8.13. The van der Waals surface area contributed by atoms with Gasteiger partial charge in [-0.1, -0.05) is 15.9 Å². The fourth-order valence-electron chi connectivity index (χ4n) is 2.06. The van der Waals surface area contributed by atoms with Gasteiger partial charge in [0.1, 0.15) is 17.9 Å². The molecule has 5 nitrogen and oxygen atoms in total. The topological polar surface area (TPSA) is 73.1 Å². The number of benzene rings is 2. The summed E-state index contributed by atoms with van der Waals surface area (Å²) < 4.78 is 6.18. The van der Waals surface area contributed by atoms with Crippen LogP contribution in [0.5, 0.6) is 5.75 Å². The molecule has 0 bridgehead atoms. The van der Waals surface area contributed by atoms with Crippen molar-refractivity contribution in [1.29, 1.82) is 0 Å². The highest BCUT2D eigenvalue weighted by molar-refractivity contribution is 9.10. The molecule has 106 valence electrons. The van der Waals surface area contributed by atoms with E-state index in [9.17, 15) is 0 Å². The van der Waals surface area contributed by atoms with E-state index in [1.54, 1.807) is 7.11 Å². The number of nitrogens with zero attached hydrogens (tertiary/aromatic N) is 2. The number of methoxy groups -OCH3 is 1. The summed E-state index contributed by atoms with van der Waals surface area (Å²) in [6.07, 6.45) is 1.51. The van der Waals surface area contributed by atoms with Crippen LogP contribution in [0.2, 0.25) is 0 Å². The summed E-state index contributed by atoms with van der Waals surface area (Å²) in [4.78, 5) is 8.53. The summed E-state index contributed by atoms with van der Waals surface area (Å²) in [7, 11) is 1.63. The second-order valence-electron chi connectivity index (χ2n) is 4.50. The Hall–Kier alpha value is -2.34. The summed E-state index contributed by atoms with van der Waals surface area (Å²) in [6, 6.07) is 11.3. The van der Waals surface area contributed by atoms with Crippen molar-refractivity contribution in [3.8, 4) is 5.75 Å². The number of fused-ring (bicyclic) bond motifs is 1. The standard InChI is InChI=1S/C15H13BrN4O/c1-21-12-5-9(16)4-11(7-12)20-15-13-3-2-10(17)6-14(13)18-8-19-15/h2-8H,17H2,1H3,(H,18,19,20). The predicted octanol–water partition coefficient (Wildman–Crippen LogP) is 3.73. The van der Waals surface area contributed by atoms with Gasteiger partial charge < -0.3 is 15.8 Å². The molecule has 3 N–H and O–H groups in total. The van der Waals surface area contributed by atoms with Crippen molar-refractivity contribution in [2.45, 2.75) is 0 Å². The van der Waals surface area contributed by atoms with Crippen LogP contribution < -0.4 is 15.8 Å². The maximum absolute atomic E-state index is 5.78. The highest BCUT2D eigenvalue weighted by Gasteiger charge is 2.06. The third kappa shape index (κ3) is 2.90. The highest BCUT2D eigenvalue weighted by atomic mass is 79.9. The highest BCUT2D eigenvalue weighted by Crippen LogP contribution is 2.29. The average molecular weight is 345 g/mol. The second-order valence-corrected chi connectivity index (χ2v) is 5.42. The summed E-state index contributed by atoms with van der Waals surface area (Å²) >= 11 is 3.46. The van der Waals surface area contributed by atoms with Crippen molar-refractivity contribution < 1.29 is 4.74 Å². The zero-order valence-electron chi connectivity index (χ0n) is 11.3. The van der Waals surface area contributed by atoms with Gasteiger partial charge in [0.15, 0.2) is 0 Å². The maximum atomic E-state index is 5.78. The van der Waals surface area contributed by atoms with Gasteiger partial charge in [-0.25, -0.2) is 9.97 Å². The van der Waals surface area contributed by atoms with Crippen LogP contribution >= 0.6 is 15.9 Å². The largest absolute Gasteiger partial charge is 0.497 e. The molecule has 3 aromatic rings. The minimum absolute atomic E-state index is 0.677. The second kappa shape index (κ2) is 5.57. The van der Waals surface area contributed by atoms with E-state index >= 15 is 0 Å². The van der Waals surface area contributed by atoms with Crippen molar-refractivity contribution in [2.24, 2.45) is 0 Å². The molecule has 0 fully saturated rings. The number of nitrogens with one attached hydrogen (secondary N) is 1. The Balaban J connectivity index is 2.04. The van der Waals surface area contributed by atoms with Crippen LogP contribution in [-0.4, -0.2) is 17.1 Å². The first kappa shape index (κ1) is 13.6. The Labute approximate surface area is 130 Å². The van der Waals surface area contributed by atoms with Crippen LogP contribution in [0.3, 0.4) is 0 Å². The van der Waals surface area contributed by atoms with Crippen LogP contribution in [-0.2, 0) is 0 Å². The number of aromatic nitrogens is 2. The number of anilines is 3. The summed E-state index contributed by atoms with van der Waals surface area (Å²) in [5.74, 6) is 1.48. The van der Waals surface area contributed by atoms with E-state index in [4.69, 9.17) is 10.5 Å². The van der Waals surface area contributed by atoms with E-state index in [0.717, 1.165) is 32.6 Å². The van der Waals surface area contributed by atoms with Crippen molar-refractivity contribution in [3.05, 3.63) is 47.2 Å². The molecule has 3 rings (SSSR count). The Morgan fingerprint density at radius 1 is 1.14 bits per heavy atom. The van der Waals surface area contributed by atoms with Gasteiger partial charge in [0.05, 0.1) is 12.6 Å². The molecule has 0 aliphatic carbocycles. The molecule has 0 spiro atoms. The lowest BCUT2D eigenvalue weighted by atomic mass is 10.2. The SMILES string of the molecule is COc1cc(Br)cc(Nc2ncnc3cc(N)ccc23)c1. The van der Waals surface area contributed by atoms with Crippen LogP contribution in [0.25, 0.3) is 10.9 Å². The van der Waals surface area contributed by atoms with E-state index < -0.39 is 0 Å². The van der Waals surface area contributed by atoms with Gasteiger partial charge in [0.25, 0.3) is 0 Å². The van der Waals surface area contributed by atoms with E-state index in [1.165, 1.54) is 6.33 Å². The number of ether oxygens (including phenoxy) is 1. The van der Waals surface area contributed by atoms with Gasteiger partial charge in [-0.3, -0.25) is 0 Å². The zero-order valence-corrected chi connectivity index (χ0v) is 12.9. The molecule has 0 unspecified atom stereocenters. The maximum Gasteiger partial charge on any atom is 0.141 e. The van der Waals surface area contributed by atoms with Crippen molar-refractivity contribution in [1.82, 2.24) is 9.97 Å². The van der Waals surface area contributed by atoms with E-state index in [2.05, 4.69) is 31.2 Å². The van der Waals surface area contributed by atoms with Gasteiger partial charge in [-0.05, 0) is 30.3 Å². The summed E-state index contributed by atoms with van der Waals surface area (Å²) in [6.45, 7) is 0. The van der Waals surface area contributed by atoms with Gasteiger partial charge in [0.2, 0.25) is 0 Å². The van der Waals surface area contributed by atoms with Gasteiger partial charge in [0, 0.05) is 27.3 Å². The molecule has 1 aromatic heterocycles. The number of hydrogen-bond acceptors (Lipinski definition) is 5. The quantitative estimate of drug-likeness (QED) is 0.708. The predicted molar refractivity (Wildman–Crippen MR) is 87.9 cm³/mol.